The summed E-state index contributed by atoms with van der Waals surface area (Å²) in [7, 11) is 0. The smallest absolute Gasteiger partial charge is 0.292 e. The molecule has 0 bridgehead atoms. The van der Waals surface area contributed by atoms with E-state index in [-0.39, 0.29) is 28.9 Å². The minimum Gasteiger partial charge on any atom is -0.393 e. The number of hydrogen-bond donors (Lipinski definition) is 3. The van der Waals surface area contributed by atoms with Gasteiger partial charge in [-0.3, -0.25) is 14.9 Å². The van der Waals surface area contributed by atoms with Crippen molar-refractivity contribution in [1.82, 2.24) is 10.6 Å². The van der Waals surface area contributed by atoms with E-state index in [1.807, 2.05) is 0 Å². The molecule has 0 aliphatic carbocycles. The Morgan fingerprint density at radius 1 is 1.55 bits per heavy atom. The van der Waals surface area contributed by atoms with E-state index in [4.69, 9.17) is 5.73 Å². The van der Waals surface area contributed by atoms with Gasteiger partial charge in [0.25, 0.3) is 11.6 Å². The van der Waals surface area contributed by atoms with E-state index in [9.17, 15) is 14.9 Å². The molecule has 108 valence electrons. The largest absolute Gasteiger partial charge is 0.393 e. The zero-order valence-electron chi connectivity index (χ0n) is 11.3. The molecule has 2 unspecified atom stereocenters. The summed E-state index contributed by atoms with van der Waals surface area (Å²) >= 11 is 0. The Kier molecular flexibility index (Phi) is 4.19. The van der Waals surface area contributed by atoms with Crippen LogP contribution in [0.1, 0.15) is 30.1 Å². The van der Waals surface area contributed by atoms with Crippen LogP contribution >= 0.6 is 0 Å². The SMILES string of the molecule is CC1CC(NC(=O)c2cccc([N+](=O)[O-])c2N)CCN1. The average Bonchev–Trinajstić information content (AvgIpc) is 2.38. The van der Waals surface area contributed by atoms with E-state index < -0.39 is 4.92 Å². The minimum atomic E-state index is -0.585. The molecular formula is C13H18N4O3. The van der Waals surface area contributed by atoms with Crippen molar-refractivity contribution in [2.75, 3.05) is 12.3 Å². The fraction of sp³-hybridized carbons (Fsp3) is 0.462. The molecule has 1 amide bonds. The lowest BCUT2D eigenvalue weighted by Crippen LogP contribution is -2.46. The highest BCUT2D eigenvalue weighted by atomic mass is 16.6. The predicted octanol–water partition coefficient (Wildman–Crippen LogP) is 1.05. The van der Waals surface area contributed by atoms with Gasteiger partial charge in [0.15, 0.2) is 0 Å². The van der Waals surface area contributed by atoms with E-state index in [0.29, 0.717) is 6.04 Å². The Labute approximate surface area is 116 Å². The van der Waals surface area contributed by atoms with Gasteiger partial charge in [0.1, 0.15) is 5.69 Å². The zero-order valence-corrected chi connectivity index (χ0v) is 11.3. The van der Waals surface area contributed by atoms with Crippen LogP contribution in [0.4, 0.5) is 11.4 Å². The van der Waals surface area contributed by atoms with Crippen LogP contribution in [0.3, 0.4) is 0 Å². The number of para-hydroxylation sites is 1. The number of carbonyl (C=O) groups is 1. The lowest BCUT2D eigenvalue weighted by Gasteiger charge is -2.28. The van der Waals surface area contributed by atoms with Crippen molar-refractivity contribution in [3.05, 3.63) is 33.9 Å². The number of piperidine rings is 1. The van der Waals surface area contributed by atoms with Gasteiger partial charge in [0.2, 0.25) is 0 Å². The summed E-state index contributed by atoms with van der Waals surface area (Å²) in [6.45, 7) is 2.90. The van der Waals surface area contributed by atoms with Gasteiger partial charge in [0.05, 0.1) is 10.5 Å². The van der Waals surface area contributed by atoms with Crippen molar-refractivity contribution in [3.63, 3.8) is 0 Å². The zero-order chi connectivity index (χ0) is 14.7. The maximum absolute atomic E-state index is 12.2. The number of benzene rings is 1. The van der Waals surface area contributed by atoms with Gasteiger partial charge in [0, 0.05) is 18.2 Å². The van der Waals surface area contributed by atoms with Gasteiger partial charge >= 0.3 is 0 Å². The highest BCUT2D eigenvalue weighted by molar-refractivity contribution is 6.01. The Morgan fingerprint density at radius 3 is 2.95 bits per heavy atom. The molecule has 7 heteroatoms. The average molecular weight is 278 g/mol. The molecule has 1 aromatic rings. The van der Waals surface area contributed by atoms with Gasteiger partial charge in [-0.25, -0.2) is 0 Å². The highest BCUT2D eigenvalue weighted by Gasteiger charge is 2.23. The van der Waals surface area contributed by atoms with Gasteiger partial charge in [-0.15, -0.1) is 0 Å². The van der Waals surface area contributed by atoms with Crippen LogP contribution in [0.2, 0.25) is 0 Å². The van der Waals surface area contributed by atoms with Gasteiger partial charge in [-0.1, -0.05) is 6.07 Å². The van der Waals surface area contributed by atoms with Crippen LogP contribution in [0.5, 0.6) is 0 Å². The summed E-state index contributed by atoms with van der Waals surface area (Å²) in [5.41, 5.74) is 5.53. The van der Waals surface area contributed by atoms with Gasteiger partial charge < -0.3 is 16.4 Å². The first-order valence-corrected chi connectivity index (χ1v) is 6.56. The van der Waals surface area contributed by atoms with Crippen molar-refractivity contribution in [1.29, 1.82) is 0 Å². The molecule has 20 heavy (non-hydrogen) atoms. The van der Waals surface area contributed by atoms with Crippen molar-refractivity contribution in [3.8, 4) is 0 Å². The third-order valence-electron chi connectivity index (χ3n) is 3.48. The monoisotopic (exact) mass is 278 g/mol. The number of rotatable bonds is 3. The standard InChI is InChI=1S/C13H18N4O3/c1-8-7-9(5-6-15-8)16-13(18)10-3-2-4-11(12(10)14)17(19)20/h2-4,8-9,15H,5-7,14H2,1H3,(H,16,18). The minimum absolute atomic E-state index is 0.0670. The lowest BCUT2D eigenvalue weighted by molar-refractivity contribution is -0.383. The van der Waals surface area contributed by atoms with E-state index in [1.54, 1.807) is 0 Å². The summed E-state index contributed by atoms with van der Waals surface area (Å²) < 4.78 is 0. The summed E-state index contributed by atoms with van der Waals surface area (Å²) in [6.07, 6.45) is 1.67. The Bertz CT molecular complexity index is 532. The van der Waals surface area contributed by atoms with E-state index >= 15 is 0 Å². The molecule has 1 saturated heterocycles. The maximum Gasteiger partial charge on any atom is 0.292 e. The number of amides is 1. The first-order chi connectivity index (χ1) is 9.49. The summed E-state index contributed by atoms with van der Waals surface area (Å²) in [5.74, 6) is -0.356. The molecule has 0 radical (unpaired) electrons. The topological polar surface area (TPSA) is 110 Å². The van der Waals surface area contributed by atoms with Crippen LogP contribution in [-0.4, -0.2) is 29.5 Å². The molecule has 1 fully saturated rings. The van der Waals surface area contributed by atoms with Crippen LogP contribution in [0.15, 0.2) is 18.2 Å². The normalized spacial score (nSPS) is 22.2. The first-order valence-electron chi connectivity index (χ1n) is 6.56. The number of hydrogen-bond acceptors (Lipinski definition) is 5. The van der Waals surface area contributed by atoms with E-state index in [2.05, 4.69) is 17.6 Å². The number of nitrogens with two attached hydrogens (primary N) is 1. The van der Waals surface area contributed by atoms with Crippen LogP contribution in [-0.2, 0) is 0 Å². The first kappa shape index (κ1) is 14.3. The number of nitro groups is 1. The molecule has 0 spiro atoms. The van der Waals surface area contributed by atoms with Gasteiger partial charge in [-0.05, 0) is 32.4 Å². The molecule has 1 aromatic carbocycles. The summed E-state index contributed by atoms with van der Waals surface area (Å²) in [5, 5.41) is 17.0. The molecule has 1 heterocycles. The molecule has 1 aliphatic rings. The molecule has 7 nitrogen and oxygen atoms in total. The third kappa shape index (κ3) is 3.05. The number of nitrogen functional groups attached to an aromatic ring is 1. The van der Waals surface area contributed by atoms with Crippen molar-refractivity contribution in [2.24, 2.45) is 0 Å². The molecule has 2 rings (SSSR count). The molecule has 4 N–H and O–H groups in total. The van der Waals surface area contributed by atoms with Crippen molar-refractivity contribution in [2.45, 2.75) is 31.8 Å². The second-order valence-electron chi connectivity index (χ2n) is 5.05. The molecule has 0 aromatic heterocycles. The molecular weight excluding hydrogens is 260 g/mol. The molecule has 1 aliphatic heterocycles. The quantitative estimate of drug-likeness (QED) is 0.435. The number of nitrogens with zero attached hydrogens (tertiary/aromatic N) is 1. The van der Waals surface area contributed by atoms with Gasteiger partial charge in [-0.2, -0.15) is 0 Å². The van der Waals surface area contributed by atoms with Crippen LogP contribution in [0, 0.1) is 10.1 Å². The lowest BCUT2D eigenvalue weighted by atomic mass is 10.00. The van der Waals surface area contributed by atoms with Crippen molar-refractivity contribution < 1.29 is 9.72 Å². The Hall–Kier alpha value is -2.15. The van der Waals surface area contributed by atoms with Crippen LogP contribution in [0.25, 0.3) is 0 Å². The molecule has 0 saturated carbocycles. The van der Waals surface area contributed by atoms with E-state index in [1.165, 1.54) is 18.2 Å². The van der Waals surface area contributed by atoms with Crippen molar-refractivity contribution >= 4 is 17.3 Å². The molecule has 2 atom stereocenters. The van der Waals surface area contributed by atoms with E-state index in [0.717, 1.165) is 19.4 Å². The maximum atomic E-state index is 12.2. The number of nitrogens with one attached hydrogen (secondary N) is 2. The summed E-state index contributed by atoms with van der Waals surface area (Å²) in [6, 6.07) is 4.67. The highest BCUT2D eigenvalue weighted by Crippen LogP contribution is 2.25. The Morgan fingerprint density at radius 2 is 2.30 bits per heavy atom. The fourth-order valence-electron chi connectivity index (χ4n) is 2.44. The number of anilines is 1. The predicted molar refractivity (Wildman–Crippen MR) is 75.5 cm³/mol. The third-order valence-corrected chi connectivity index (χ3v) is 3.48. The summed E-state index contributed by atoms with van der Waals surface area (Å²) in [4.78, 5) is 22.4. The Balaban J connectivity index is 2.13. The second kappa shape index (κ2) is 5.87. The van der Waals surface area contributed by atoms with Crippen LogP contribution < -0.4 is 16.4 Å². The second-order valence-corrected chi connectivity index (χ2v) is 5.05. The number of carbonyl (C=O) groups excluding carboxylic acids is 1. The fourth-order valence-corrected chi connectivity index (χ4v) is 2.44. The number of nitro benzene ring substituents is 1.